The van der Waals surface area contributed by atoms with Gasteiger partial charge in [-0.3, -0.25) is 5.32 Å². The average Bonchev–Trinajstić information content (AvgIpc) is 3.12. The molecule has 1 unspecified atom stereocenters. The van der Waals surface area contributed by atoms with Crippen LogP contribution >= 0.6 is 23.2 Å². The lowest BCUT2D eigenvalue weighted by atomic mass is 9.99. The minimum absolute atomic E-state index is 0.112. The highest BCUT2D eigenvalue weighted by atomic mass is 35.5. The summed E-state index contributed by atoms with van der Waals surface area (Å²) in [5, 5.41) is 20.7. The molecule has 5 rings (SSSR count). The number of carbonyl (C=O) groups excluding carboxylic acids is 1. The molecule has 156 valence electrons. The molecule has 31 heavy (non-hydrogen) atoms. The summed E-state index contributed by atoms with van der Waals surface area (Å²) >= 11 is 12.4. The van der Waals surface area contributed by atoms with Gasteiger partial charge < -0.3 is 15.2 Å². The van der Waals surface area contributed by atoms with Crippen LogP contribution in [0.15, 0.2) is 48.7 Å². The van der Waals surface area contributed by atoms with Crippen LogP contribution in [0.4, 0.5) is 16.4 Å². The minimum Gasteiger partial charge on any atom is -0.505 e. The molecule has 1 aliphatic heterocycles. The molecule has 0 fully saturated rings. The Balaban J connectivity index is 1.77. The molecule has 10 heteroatoms. The molecule has 0 saturated carbocycles. The van der Waals surface area contributed by atoms with Gasteiger partial charge in [0.25, 0.3) is 5.95 Å². The number of aromatic hydroxyl groups is 1. The topological polar surface area (TPSA) is 101 Å². The van der Waals surface area contributed by atoms with Crippen LogP contribution in [0, 0.1) is 0 Å². The largest absolute Gasteiger partial charge is 0.505 e. The van der Waals surface area contributed by atoms with Crippen molar-refractivity contribution in [2.24, 2.45) is 0 Å². The molecular weight excluding hydrogens is 441 g/mol. The molecule has 1 atom stereocenters. The van der Waals surface area contributed by atoms with E-state index in [0.717, 1.165) is 27.9 Å². The summed E-state index contributed by atoms with van der Waals surface area (Å²) in [7, 11) is 1.27. The van der Waals surface area contributed by atoms with Crippen LogP contribution in [0.3, 0.4) is 0 Å². The van der Waals surface area contributed by atoms with Gasteiger partial charge in [-0.05, 0) is 29.8 Å². The molecule has 1 amide bonds. The first-order chi connectivity index (χ1) is 15.0. The molecule has 0 spiro atoms. The second-order valence-electron chi connectivity index (χ2n) is 6.92. The van der Waals surface area contributed by atoms with Crippen LogP contribution in [0.2, 0.25) is 10.0 Å². The second kappa shape index (κ2) is 7.33. The summed E-state index contributed by atoms with van der Waals surface area (Å²) in [6.07, 6.45) is 1.12. The maximum absolute atomic E-state index is 11.7. The maximum atomic E-state index is 11.7. The lowest BCUT2D eigenvalue weighted by Crippen LogP contribution is -2.15. The zero-order valence-electron chi connectivity index (χ0n) is 16.1. The molecule has 0 aliphatic carbocycles. The summed E-state index contributed by atoms with van der Waals surface area (Å²) in [6, 6.07) is 12.6. The van der Waals surface area contributed by atoms with E-state index in [1.165, 1.54) is 7.11 Å². The van der Waals surface area contributed by atoms with Crippen molar-refractivity contribution in [1.82, 2.24) is 14.6 Å². The molecule has 3 heterocycles. The van der Waals surface area contributed by atoms with E-state index < -0.39 is 6.09 Å². The fourth-order valence-corrected chi connectivity index (χ4v) is 4.23. The van der Waals surface area contributed by atoms with Gasteiger partial charge in [-0.25, -0.2) is 14.3 Å². The van der Waals surface area contributed by atoms with Gasteiger partial charge in [0.1, 0.15) is 5.69 Å². The van der Waals surface area contributed by atoms with Gasteiger partial charge in [-0.1, -0.05) is 41.4 Å². The van der Waals surface area contributed by atoms with Crippen molar-refractivity contribution in [2.75, 3.05) is 17.7 Å². The molecule has 0 saturated heterocycles. The fourth-order valence-electron chi connectivity index (χ4n) is 3.73. The zero-order valence-corrected chi connectivity index (χ0v) is 17.6. The Morgan fingerprint density at radius 3 is 2.71 bits per heavy atom. The summed E-state index contributed by atoms with van der Waals surface area (Å²) in [6.45, 7) is 0. The Morgan fingerprint density at radius 1 is 1.23 bits per heavy atom. The van der Waals surface area contributed by atoms with Crippen molar-refractivity contribution in [3.05, 3.63) is 69.8 Å². The summed E-state index contributed by atoms with van der Waals surface area (Å²) in [4.78, 5) is 16.3. The van der Waals surface area contributed by atoms with Gasteiger partial charge in [0.05, 0.1) is 28.7 Å². The first-order valence-electron chi connectivity index (χ1n) is 9.24. The molecule has 2 aromatic heterocycles. The number of fused-ring (bicyclic) bond motifs is 2. The standard InChI is InChI=1S/C21H15Cl2N5O3/c1-31-21(30)26-20-25-17-11-4-2-3-5-15(11)24-16(12-6-7-28(27-20)18(12)17)10-8-13(22)19(29)14(23)9-10/h2-9,16,24,29H,1H3,(H,26,27,30). The van der Waals surface area contributed by atoms with E-state index in [4.69, 9.17) is 23.2 Å². The van der Waals surface area contributed by atoms with Crippen LogP contribution in [-0.4, -0.2) is 32.9 Å². The number of halogens is 2. The third-order valence-electron chi connectivity index (χ3n) is 5.11. The van der Waals surface area contributed by atoms with Gasteiger partial charge in [-0.15, -0.1) is 5.10 Å². The molecule has 2 aromatic carbocycles. The predicted molar refractivity (Wildman–Crippen MR) is 118 cm³/mol. The number of hydrogen-bond acceptors (Lipinski definition) is 6. The number of ether oxygens (including phenoxy) is 1. The van der Waals surface area contributed by atoms with Gasteiger partial charge in [0, 0.05) is 23.0 Å². The third kappa shape index (κ3) is 3.20. The monoisotopic (exact) mass is 455 g/mol. The number of amides is 1. The minimum atomic E-state index is -0.662. The van der Waals surface area contributed by atoms with E-state index in [9.17, 15) is 9.90 Å². The fraction of sp³-hybridized carbons (Fsp3) is 0.0952. The number of hydrogen-bond donors (Lipinski definition) is 3. The Morgan fingerprint density at radius 2 is 1.97 bits per heavy atom. The Hall–Kier alpha value is -3.49. The van der Waals surface area contributed by atoms with Crippen LogP contribution in [0.1, 0.15) is 17.2 Å². The Kier molecular flexibility index (Phi) is 4.60. The van der Waals surface area contributed by atoms with E-state index in [1.807, 2.05) is 30.3 Å². The van der Waals surface area contributed by atoms with Gasteiger partial charge in [0.15, 0.2) is 5.75 Å². The van der Waals surface area contributed by atoms with Gasteiger partial charge >= 0.3 is 6.09 Å². The highest BCUT2D eigenvalue weighted by Crippen LogP contribution is 2.43. The van der Waals surface area contributed by atoms with Crippen molar-refractivity contribution in [2.45, 2.75) is 6.04 Å². The second-order valence-corrected chi connectivity index (χ2v) is 7.74. The van der Waals surface area contributed by atoms with Gasteiger partial charge in [-0.2, -0.15) is 0 Å². The van der Waals surface area contributed by atoms with Crippen molar-refractivity contribution in [3.8, 4) is 17.0 Å². The van der Waals surface area contributed by atoms with Crippen molar-refractivity contribution < 1.29 is 14.6 Å². The molecule has 3 N–H and O–H groups in total. The number of phenolic OH excluding ortho intramolecular Hbond substituents is 1. The van der Waals surface area contributed by atoms with Crippen molar-refractivity contribution >= 4 is 46.4 Å². The van der Waals surface area contributed by atoms with Crippen molar-refractivity contribution in [1.29, 1.82) is 0 Å². The van der Waals surface area contributed by atoms with Crippen LogP contribution in [0.5, 0.6) is 5.75 Å². The SMILES string of the molecule is COC(=O)Nc1nc2c3c(ccn3n1)C(c1cc(Cl)c(O)c(Cl)c1)Nc1ccccc1-2. The number of benzene rings is 2. The molecule has 4 aromatic rings. The first kappa shape index (κ1) is 19.5. The van der Waals surface area contributed by atoms with Crippen molar-refractivity contribution in [3.63, 3.8) is 0 Å². The zero-order chi connectivity index (χ0) is 21.7. The van der Waals surface area contributed by atoms with E-state index in [2.05, 4.69) is 25.5 Å². The quantitative estimate of drug-likeness (QED) is 0.388. The van der Waals surface area contributed by atoms with Crippen LogP contribution in [0.25, 0.3) is 16.8 Å². The number of para-hydroxylation sites is 1. The Labute approximate surface area is 186 Å². The van der Waals surface area contributed by atoms with E-state index in [-0.39, 0.29) is 27.8 Å². The summed E-state index contributed by atoms with van der Waals surface area (Å²) < 4.78 is 6.32. The lowest BCUT2D eigenvalue weighted by molar-refractivity contribution is 0.186. The summed E-state index contributed by atoms with van der Waals surface area (Å²) in [5.41, 5.74) is 4.71. The maximum Gasteiger partial charge on any atom is 0.413 e. The number of nitrogens with zero attached hydrogens (tertiary/aromatic N) is 3. The van der Waals surface area contributed by atoms with Crippen LogP contribution in [-0.2, 0) is 4.74 Å². The normalized spacial score (nSPS) is 14.5. The molecule has 0 radical (unpaired) electrons. The Bertz CT molecular complexity index is 1330. The number of nitrogens with one attached hydrogen (secondary N) is 2. The number of anilines is 2. The smallest absolute Gasteiger partial charge is 0.413 e. The van der Waals surface area contributed by atoms with E-state index >= 15 is 0 Å². The number of phenols is 1. The average molecular weight is 456 g/mol. The highest BCUT2D eigenvalue weighted by Gasteiger charge is 2.28. The highest BCUT2D eigenvalue weighted by molar-refractivity contribution is 6.37. The molecule has 8 nitrogen and oxygen atoms in total. The molecular formula is C21H15Cl2N5O3. The third-order valence-corrected chi connectivity index (χ3v) is 5.68. The van der Waals surface area contributed by atoms with E-state index in [1.54, 1.807) is 22.8 Å². The number of rotatable bonds is 2. The number of aromatic nitrogens is 3. The molecule has 1 aliphatic rings. The first-order valence-corrected chi connectivity index (χ1v) is 10.00. The van der Waals surface area contributed by atoms with Gasteiger partial charge in [0.2, 0.25) is 0 Å². The molecule has 0 bridgehead atoms. The number of carbonyl (C=O) groups is 1. The predicted octanol–water partition coefficient (Wildman–Crippen LogP) is 5.10. The van der Waals surface area contributed by atoms with E-state index in [0.29, 0.717) is 5.69 Å². The van der Waals surface area contributed by atoms with Crippen LogP contribution < -0.4 is 10.6 Å². The lowest BCUT2D eigenvalue weighted by Gasteiger charge is -2.20. The summed E-state index contributed by atoms with van der Waals surface area (Å²) in [5.74, 6) is -0.0501. The number of methoxy groups -OCH3 is 1.